The molecule has 0 aliphatic heterocycles. The first-order valence-electron chi connectivity index (χ1n) is 28.4. The summed E-state index contributed by atoms with van der Waals surface area (Å²) in [6, 6.07) is 20.8. The van der Waals surface area contributed by atoms with E-state index in [1.165, 1.54) is 204 Å². The third-order valence-corrected chi connectivity index (χ3v) is 13.0. The van der Waals surface area contributed by atoms with Crippen LogP contribution in [-0.4, -0.2) is 65.1 Å². The molecule has 0 unspecified atom stereocenters. The van der Waals surface area contributed by atoms with Crippen LogP contribution in [0.1, 0.15) is 243 Å². The van der Waals surface area contributed by atoms with Crippen molar-refractivity contribution in [3.05, 3.63) is 71.8 Å². The smallest absolute Gasteiger partial charge is 0.104 e. The zero-order valence-electron chi connectivity index (χ0n) is 43.5. The van der Waals surface area contributed by atoms with Crippen LogP contribution in [0.3, 0.4) is 0 Å². The normalized spacial score (nSPS) is 12.6. The van der Waals surface area contributed by atoms with Crippen LogP contribution in [0.2, 0.25) is 0 Å². The Morgan fingerprint density at radius 3 is 0.803 bits per heavy atom. The van der Waals surface area contributed by atoms with Crippen LogP contribution in [0, 0.1) is 0 Å². The Bertz CT molecular complexity index is 1100. The molecule has 0 aromatic heterocycles. The minimum absolute atomic E-state index is 0.0164. The molecule has 2 aromatic carbocycles. The van der Waals surface area contributed by atoms with Crippen LogP contribution in [0.4, 0.5) is 0 Å². The first kappa shape index (κ1) is 60.3. The van der Waals surface area contributed by atoms with E-state index in [9.17, 15) is 0 Å². The molecule has 0 bridgehead atoms. The first-order chi connectivity index (χ1) is 32.8. The van der Waals surface area contributed by atoms with Crippen LogP contribution < -0.4 is 0 Å². The van der Waals surface area contributed by atoms with Gasteiger partial charge in [-0.1, -0.05) is 267 Å². The molecule has 2 atom stereocenters. The minimum Gasteiger partial charge on any atom is -0.379 e. The third-order valence-electron chi connectivity index (χ3n) is 13.0. The van der Waals surface area contributed by atoms with Crippen LogP contribution in [-0.2, 0) is 41.6 Å². The second-order valence-electron chi connectivity index (χ2n) is 19.5. The topological polar surface area (TPSA) is 55.4 Å². The monoisotopic (exact) mass is 923 g/mol. The van der Waals surface area contributed by atoms with Crippen molar-refractivity contribution in [1.29, 1.82) is 0 Å². The van der Waals surface area contributed by atoms with E-state index < -0.39 is 0 Å². The highest BCUT2D eigenvalue weighted by Crippen LogP contribution is 2.16. The predicted molar refractivity (Wildman–Crippen MR) is 282 cm³/mol. The standard InChI is InChI=1S/C60H106O6/c1-3-5-7-9-11-27-31-41-49-65-59(55-63-51-57-43-35-33-36-44-57)53-61-47-39-29-25-23-21-19-17-15-13-14-16-18-20-22-24-26-30-40-48-62-54-60(56-64-52-58-45-37-34-38-46-58)66-50-42-32-28-12-10-8-6-4-2/h33-38,43-46,59-60H,3-32,39-42,47-56H2,1-2H3/t59-,60-/m0/s1. The summed E-state index contributed by atoms with van der Waals surface area (Å²) in [7, 11) is 0. The molecule has 0 saturated heterocycles. The van der Waals surface area contributed by atoms with Crippen LogP contribution >= 0.6 is 0 Å². The number of hydrogen-bond acceptors (Lipinski definition) is 6. The van der Waals surface area contributed by atoms with E-state index in [-0.39, 0.29) is 12.2 Å². The van der Waals surface area contributed by atoms with Crippen molar-refractivity contribution in [2.75, 3.05) is 52.9 Å². The van der Waals surface area contributed by atoms with E-state index in [4.69, 9.17) is 28.4 Å². The maximum atomic E-state index is 6.25. The fourth-order valence-electron chi connectivity index (χ4n) is 8.69. The lowest BCUT2D eigenvalue weighted by atomic mass is 10.0. The third kappa shape index (κ3) is 41.2. The maximum absolute atomic E-state index is 6.25. The lowest BCUT2D eigenvalue weighted by molar-refractivity contribution is -0.0645. The van der Waals surface area contributed by atoms with Gasteiger partial charge in [-0.15, -0.1) is 0 Å². The Morgan fingerprint density at radius 1 is 0.273 bits per heavy atom. The van der Waals surface area contributed by atoms with Crippen LogP contribution in [0.5, 0.6) is 0 Å². The minimum atomic E-state index is 0.0164. The summed E-state index contributed by atoms with van der Waals surface area (Å²) >= 11 is 0. The van der Waals surface area contributed by atoms with Crippen LogP contribution in [0.15, 0.2) is 60.7 Å². The molecule has 0 N–H and O–H groups in total. The predicted octanol–water partition coefficient (Wildman–Crippen LogP) is 17.5. The lowest BCUT2D eigenvalue weighted by Crippen LogP contribution is -2.26. The Balaban J connectivity index is 1.35. The zero-order valence-corrected chi connectivity index (χ0v) is 43.5. The molecule has 382 valence electrons. The van der Waals surface area contributed by atoms with Gasteiger partial charge in [-0.05, 0) is 36.8 Å². The summed E-state index contributed by atoms with van der Waals surface area (Å²) in [5.74, 6) is 0. The van der Waals surface area contributed by atoms with E-state index in [0.29, 0.717) is 39.6 Å². The van der Waals surface area contributed by atoms with Crippen molar-refractivity contribution in [2.45, 2.75) is 258 Å². The molecular formula is C60H106O6. The molecule has 0 radical (unpaired) electrons. The van der Waals surface area contributed by atoms with E-state index >= 15 is 0 Å². The maximum Gasteiger partial charge on any atom is 0.104 e. The zero-order chi connectivity index (χ0) is 46.7. The number of hydrogen-bond donors (Lipinski definition) is 0. The van der Waals surface area contributed by atoms with Gasteiger partial charge in [-0.25, -0.2) is 0 Å². The summed E-state index contributed by atoms with van der Waals surface area (Å²) < 4.78 is 36.8. The fraction of sp³-hybridized carbons (Fsp3) is 0.800. The Labute approximate surface area is 409 Å². The van der Waals surface area contributed by atoms with Gasteiger partial charge in [0.25, 0.3) is 0 Å². The quantitative estimate of drug-likeness (QED) is 0.0616. The SMILES string of the molecule is CCCCCCCCCCO[C@@H](COCCCCCCCCCCCCCCCCCCCCOC[C@@H](COCc1ccccc1)OCCCCCCCCCC)COCc1ccccc1. The highest BCUT2D eigenvalue weighted by atomic mass is 16.6. The van der Waals surface area contributed by atoms with Gasteiger partial charge in [0.05, 0.1) is 39.6 Å². The van der Waals surface area contributed by atoms with Gasteiger partial charge in [0.1, 0.15) is 12.2 Å². The van der Waals surface area contributed by atoms with Gasteiger partial charge in [-0.2, -0.15) is 0 Å². The van der Waals surface area contributed by atoms with Gasteiger partial charge in [0.15, 0.2) is 0 Å². The molecule has 2 aromatic rings. The van der Waals surface area contributed by atoms with Crippen molar-refractivity contribution < 1.29 is 28.4 Å². The van der Waals surface area contributed by atoms with Crippen molar-refractivity contribution in [1.82, 2.24) is 0 Å². The van der Waals surface area contributed by atoms with Gasteiger partial charge < -0.3 is 28.4 Å². The molecular weight excluding hydrogens is 817 g/mol. The summed E-state index contributed by atoms with van der Waals surface area (Å²) in [4.78, 5) is 0. The van der Waals surface area contributed by atoms with Gasteiger partial charge in [0.2, 0.25) is 0 Å². The molecule has 0 saturated carbocycles. The molecule has 0 fully saturated rings. The molecule has 6 nitrogen and oxygen atoms in total. The second-order valence-corrected chi connectivity index (χ2v) is 19.5. The number of rotatable bonds is 53. The van der Waals surface area contributed by atoms with Crippen LogP contribution in [0.25, 0.3) is 0 Å². The number of unbranched alkanes of at least 4 members (excludes halogenated alkanes) is 31. The largest absolute Gasteiger partial charge is 0.379 e. The van der Waals surface area contributed by atoms with Gasteiger partial charge >= 0.3 is 0 Å². The lowest BCUT2D eigenvalue weighted by Gasteiger charge is -2.18. The molecule has 0 heterocycles. The Morgan fingerprint density at radius 2 is 0.515 bits per heavy atom. The van der Waals surface area contributed by atoms with E-state index in [2.05, 4.69) is 74.5 Å². The fourth-order valence-corrected chi connectivity index (χ4v) is 8.69. The average Bonchev–Trinajstić information content (AvgIpc) is 3.34. The summed E-state index contributed by atoms with van der Waals surface area (Å²) in [6.45, 7) is 11.5. The molecule has 0 amide bonds. The number of ether oxygens (including phenoxy) is 6. The Hall–Kier alpha value is -1.80. The highest BCUT2D eigenvalue weighted by molar-refractivity contribution is 5.14. The highest BCUT2D eigenvalue weighted by Gasteiger charge is 2.12. The Kier molecular flexibility index (Phi) is 45.3. The number of benzene rings is 2. The second kappa shape index (κ2) is 49.6. The summed E-state index contributed by atoms with van der Waals surface area (Å²) in [6.07, 6.45) is 45.4. The van der Waals surface area contributed by atoms with Gasteiger partial charge in [-0.3, -0.25) is 0 Å². The van der Waals surface area contributed by atoms with Gasteiger partial charge in [0, 0.05) is 26.4 Å². The molecule has 0 spiro atoms. The summed E-state index contributed by atoms with van der Waals surface area (Å²) in [5, 5.41) is 0. The van der Waals surface area contributed by atoms with Crippen molar-refractivity contribution in [3.8, 4) is 0 Å². The van der Waals surface area contributed by atoms with Crippen molar-refractivity contribution in [2.24, 2.45) is 0 Å². The van der Waals surface area contributed by atoms with Crippen molar-refractivity contribution in [3.63, 3.8) is 0 Å². The van der Waals surface area contributed by atoms with Crippen molar-refractivity contribution >= 4 is 0 Å². The molecule has 0 aliphatic rings. The van der Waals surface area contributed by atoms with E-state index in [1.54, 1.807) is 0 Å². The molecule has 6 heteroatoms. The molecule has 0 aliphatic carbocycles. The molecule has 2 rings (SSSR count). The summed E-state index contributed by atoms with van der Waals surface area (Å²) in [5.41, 5.74) is 2.41. The van der Waals surface area contributed by atoms with E-state index in [1.807, 2.05) is 0 Å². The first-order valence-corrected chi connectivity index (χ1v) is 28.4. The average molecular weight is 924 g/mol. The van der Waals surface area contributed by atoms with E-state index in [0.717, 1.165) is 52.1 Å². The molecule has 66 heavy (non-hydrogen) atoms.